The zero-order valence-corrected chi connectivity index (χ0v) is 11.0. The van der Waals surface area contributed by atoms with E-state index in [9.17, 15) is 13.2 Å². The normalized spacial score (nSPS) is 11.4. The van der Waals surface area contributed by atoms with Crippen molar-refractivity contribution in [2.45, 2.75) is 6.18 Å². The lowest BCUT2D eigenvalue weighted by molar-refractivity contribution is -0.172. The maximum atomic E-state index is 11.8. The average molecular weight is 330 g/mol. The van der Waals surface area contributed by atoms with Crippen LogP contribution in [-0.2, 0) is 4.74 Å². The van der Waals surface area contributed by atoms with Crippen molar-refractivity contribution in [3.63, 3.8) is 0 Å². The Morgan fingerprint density at radius 1 is 1.44 bits per heavy atom. The minimum absolute atomic E-state index is 0.0960. The fourth-order valence-corrected chi connectivity index (χ4v) is 1.36. The molecule has 9 heteroatoms. The Bertz CT molecular complexity index is 390. The van der Waals surface area contributed by atoms with Gasteiger partial charge in [-0.3, -0.25) is 0 Å². The van der Waals surface area contributed by atoms with Gasteiger partial charge >= 0.3 is 6.18 Å². The minimum atomic E-state index is -4.31. The van der Waals surface area contributed by atoms with E-state index in [1.54, 1.807) is 0 Å². The maximum absolute atomic E-state index is 11.8. The lowest BCUT2D eigenvalue weighted by Crippen LogP contribution is -2.20. The summed E-state index contributed by atoms with van der Waals surface area (Å²) < 4.78 is 45.2. The summed E-state index contributed by atoms with van der Waals surface area (Å²) in [6.45, 7) is -1.19. The number of nitrogens with zero attached hydrogens (tertiary/aromatic N) is 2. The van der Waals surface area contributed by atoms with Crippen LogP contribution in [0.2, 0.25) is 0 Å². The van der Waals surface area contributed by atoms with Crippen LogP contribution in [0.5, 0.6) is 5.88 Å². The van der Waals surface area contributed by atoms with Crippen molar-refractivity contribution in [1.29, 1.82) is 0 Å². The molecule has 0 fully saturated rings. The molecule has 18 heavy (non-hydrogen) atoms. The molecule has 0 aliphatic heterocycles. The summed E-state index contributed by atoms with van der Waals surface area (Å²) in [6.07, 6.45) is -2.83. The molecule has 0 spiro atoms. The van der Waals surface area contributed by atoms with Gasteiger partial charge < -0.3 is 14.8 Å². The second-order valence-corrected chi connectivity index (χ2v) is 4.00. The zero-order chi connectivity index (χ0) is 13.6. The third-order valence-electron chi connectivity index (χ3n) is 1.70. The second kappa shape index (κ2) is 6.74. The molecule has 1 rings (SSSR count). The van der Waals surface area contributed by atoms with Gasteiger partial charge in [0.15, 0.2) is 0 Å². The van der Waals surface area contributed by atoms with E-state index in [1.807, 2.05) is 0 Å². The first kappa shape index (κ1) is 15.0. The first-order valence-corrected chi connectivity index (χ1v) is 5.66. The predicted molar refractivity (Wildman–Crippen MR) is 61.6 cm³/mol. The Morgan fingerprint density at radius 2 is 2.17 bits per heavy atom. The van der Waals surface area contributed by atoms with E-state index in [4.69, 9.17) is 4.74 Å². The Labute approximate surface area is 110 Å². The van der Waals surface area contributed by atoms with Crippen LogP contribution in [0.1, 0.15) is 0 Å². The van der Waals surface area contributed by atoms with Gasteiger partial charge in [-0.05, 0) is 15.9 Å². The van der Waals surface area contributed by atoms with Gasteiger partial charge in [-0.1, -0.05) is 0 Å². The predicted octanol–water partition coefficient (Wildman–Crippen LogP) is 2.24. The lowest BCUT2D eigenvalue weighted by Gasteiger charge is -2.09. The third-order valence-corrected chi connectivity index (χ3v) is 2.24. The molecule has 0 saturated carbocycles. The van der Waals surface area contributed by atoms with E-state index < -0.39 is 12.8 Å². The van der Waals surface area contributed by atoms with Gasteiger partial charge in [-0.2, -0.15) is 18.2 Å². The number of rotatable bonds is 6. The maximum Gasteiger partial charge on any atom is 0.411 e. The standard InChI is InChI=1S/C9H11BrF3N3O2/c1-17-7-6(10)4-15-8(16-7)14-2-3-18-5-9(11,12)13/h4H,2-3,5H2,1H3,(H,14,15,16). The van der Waals surface area contributed by atoms with Crippen LogP contribution in [0.4, 0.5) is 19.1 Å². The van der Waals surface area contributed by atoms with Crippen molar-refractivity contribution in [3.8, 4) is 5.88 Å². The molecule has 0 atom stereocenters. The van der Waals surface area contributed by atoms with Crippen molar-refractivity contribution in [2.24, 2.45) is 0 Å². The largest absolute Gasteiger partial charge is 0.480 e. The Morgan fingerprint density at radius 3 is 2.78 bits per heavy atom. The Hall–Kier alpha value is -1.09. The molecule has 1 heterocycles. The highest BCUT2D eigenvalue weighted by Crippen LogP contribution is 2.21. The molecule has 1 N–H and O–H groups in total. The summed E-state index contributed by atoms with van der Waals surface area (Å²) >= 11 is 3.18. The van der Waals surface area contributed by atoms with E-state index in [2.05, 4.69) is 36.0 Å². The van der Waals surface area contributed by atoms with Crippen molar-refractivity contribution in [1.82, 2.24) is 9.97 Å². The van der Waals surface area contributed by atoms with Gasteiger partial charge in [0.25, 0.3) is 0 Å². The first-order chi connectivity index (χ1) is 8.42. The van der Waals surface area contributed by atoms with Crippen LogP contribution in [0, 0.1) is 0 Å². The molecule has 0 aromatic carbocycles. The molecule has 0 unspecified atom stereocenters. The van der Waals surface area contributed by atoms with Crippen molar-refractivity contribution in [3.05, 3.63) is 10.7 Å². The molecule has 0 aliphatic carbocycles. The quantitative estimate of drug-likeness (QED) is 0.811. The SMILES string of the molecule is COc1nc(NCCOCC(F)(F)F)ncc1Br. The van der Waals surface area contributed by atoms with E-state index in [0.29, 0.717) is 10.4 Å². The van der Waals surface area contributed by atoms with E-state index in [0.717, 1.165) is 0 Å². The molecule has 0 aliphatic rings. The number of aromatic nitrogens is 2. The van der Waals surface area contributed by atoms with Gasteiger partial charge in [0.05, 0.1) is 24.4 Å². The topological polar surface area (TPSA) is 56.3 Å². The lowest BCUT2D eigenvalue weighted by atomic mass is 10.6. The zero-order valence-electron chi connectivity index (χ0n) is 9.42. The Balaban J connectivity index is 2.31. The van der Waals surface area contributed by atoms with E-state index in [1.165, 1.54) is 13.3 Å². The molecule has 0 bridgehead atoms. The molecule has 102 valence electrons. The molecule has 0 saturated heterocycles. The summed E-state index contributed by atoms with van der Waals surface area (Å²) in [5.74, 6) is 0.592. The van der Waals surface area contributed by atoms with Crippen molar-refractivity contribution >= 4 is 21.9 Å². The second-order valence-electron chi connectivity index (χ2n) is 3.15. The molecular formula is C9H11BrF3N3O2. The Kier molecular flexibility index (Phi) is 5.60. The van der Waals surface area contributed by atoms with Crippen molar-refractivity contribution in [2.75, 3.05) is 32.2 Å². The van der Waals surface area contributed by atoms with Gasteiger partial charge in [0.2, 0.25) is 11.8 Å². The van der Waals surface area contributed by atoms with Gasteiger partial charge in [0.1, 0.15) is 6.61 Å². The molecular weight excluding hydrogens is 319 g/mol. The fraction of sp³-hybridized carbons (Fsp3) is 0.556. The number of methoxy groups -OCH3 is 1. The van der Waals surface area contributed by atoms with Gasteiger partial charge in [-0.25, -0.2) is 4.98 Å². The summed E-state index contributed by atoms with van der Waals surface area (Å²) in [6, 6.07) is 0. The van der Waals surface area contributed by atoms with Crippen LogP contribution in [0.15, 0.2) is 10.7 Å². The average Bonchev–Trinajstić information content (AvgIpc) is 2.29. The molecule has 5 nitrogen and oxygen atoms in total. The monoisotopic (exact) mass is 329 g/mol. The highest BCUT2D eigenvalue weighted by Gasteiger charge is 2.27. The molecule has 0 amide bonds. The van der Waals surface area contributed by atoms with Gasteiger partial charge in [-0.15, -0.1) is 0 Å². The summed E-state index contributed by atoms with van der Waals surface area (Å²) in [7, 11) is 1.45. The fourth-order valence-electron chi connectivity index (χ4n) is 1.00. The van der Waals surface area contributed by atoms with Crippen LogP contribution in [0.25, 0.3) is 0 Å². The van der Waals surface area contributed by atoms with Crippen LogP contribution in [-0.4, -0.2) is 43.0 Å². The van der Waals surface area contributed by atoms with Crippen LogP contribution >= 0.6 is 15.9 Å². The highest BCUT2D eigenvalue weighted by molar-refractivity contribution is 9.10. The third kappa shape index (κ3) is 5.50. The highest BCUT2D eigenvalue weighted by atomic mass is 79.9. The number of nitrogens with one attached hydrogen (secondary N) is 1. The van der Waals surface area contributed by atoms with Crippen LogP contribution < -0.4 is 10.1 Å². The molecule has 0 radical (unpaired) electrons. The summed E-state index contributed by atoms with van der Waals surface area (Å²) in [4.78, 5) is 7.87. The number of anilines is 1. The van der Waals surface area contributed by atoms with E-state index in [-0.39, 0.29) is 19.1 Å². The molecule has 1 aromatic heterocycles. The minimum Gasteiger partial charge on any atom is -0.480 e. The first-order valence-electron chi connectivity index (χ1n) is 4.87. The number of halogens is 4. The smallest absolute Gasteiger partial charge is 0.411 e. The number of alkyl halides is 3. The molecule has 1 aromatic rings. The van der Waals surface area contributed by atoms with E-state index >= 15 is 0 Å². The van der Waals surface area contributed by atoms with Crippen LogP contribution in [0.3, 0.4) is 0 Å². The van der Waals surface area contributed by atoms with Gasteiger partial charge in [0, 0.05) is 6.54 Å². The summed E-state index contributed by atoms with van der Waals surface area (Å²) in [5, 5.41) is 2.72. The number of hydrogen-bond acceptors (Lipinski definition) is 5. The number of hydrogen-bond donors (Lipinski definition) is 1. The number of ether oxygens (including phenoxy) is 2. The van der Waals surface area contributed by atoms with Crippen molar-refractivity contribution < 1.29 is 22.6 Å². The summed E-state index contributed by atoms with van der Waals surface area (Å²) in [5.41, 5.74) is 0.